The smallest absolute Gasteiger partial charge is 0.416 e. The first-order valence-corrected chi connectivity index (χ1v) is 12.1. The van der Waals surface area contributed by atoms with Crippen molar-refractivity contribution in [3.63, 3.8) is 0 Å². The summed E-state index contributed by atoms with van der Waals surface area (Å²) in [5, 5.41) is 12.5. The summed E-state index contributed by atoms with van der Waals surface area (Å²) in [5.74, 6) is 2.16. The summed E-state index contributed by atoms with van der Waals surface area (Å²) < 4.78 is 52.5. The normalized spacial score (nSPS) is 15.6. The van der Waals surface area contributed by atoms with Gasteiger partial charge in [0.15, 0.2) is 5.82 Å². The highest BCUT2D eigenvalue weighted by Crippen LogP contribution is 2.33. The summed E-state index contributed by atoms with van der Waals surface area (Å²) in [6.07, 6.45) is -2.77. The third-order valence-electron chi connectivity index (χ3n) is 6.41. The maximum atomic E-state index is 13.2. The minimum Gasteiger partial charge on any atom is -0.494 e. The van der Waals surface area contributed by atoms with E-state index in [0.29, 0.717) is 50.8 Å². The number of hydrogen-bond acceptors (Lipinski definition) is 7. The largest absolute Gasteiger partial charge is 0.494 e. The Kier molecular flexibility index (Phi) is 7.13. The number of aromatic nitrogens is 4. The molecular weight excluding hydrogens is 485 g/mol. The summed E-state index contributed by atoms with van der Waals surface area (Å²) in [7, 11) is 0. The van der Waals surface area contributed by atoms with Gasteiger partial charge >= 0.3 is 6.18 Å². The SMILES string of the molecule is CCOc1ccc([C@@H](c2nnnn2Cc2ccco2)N2CCN(c3cccc(C(F)(F)F)c3)CC2)cc1. The molecule has 2 aromatic carbocycles. The second-order valence-electron chi connectivity index (χ2n) is 8.75. The minimum absolute atomic E-state index is 0.260. The number of alkyl halides is 3. The fraction of sp³-hybridized carbons (Fsp3) is 0.346. The van der Waals surface area contributed by atoms with E-state index in [2.05, 4.69) is 20.4 Å². The first-order chi connectivity index (χ1) is 17.9. The molecule has 0 amide bonds. The van der Waals surface area contributed by atoms with E-state index in [4.69, 9.17) is 9.15 Å². The predicted molar refractivity (Wildman–Crippen MR) is 130 cm³/mol. The van der Waals surface area contributed by atoms with Crippen molar-refractivity contribution in [3.8, 4) is 5.75 Å². The minimum atomic E-state index is -4.37. The van der Waals surface area contributed by atoms with Crippen LogP contribution in [0.2, 0.25) is 0 Å². The number of halogens is 3. The summed E-state index contributed by atoms with van der Waals surface area (Å²) in [5.41, 5.74) is 0.915. The lowest BCUT2D eigenvalue weighted by atomic mass is 10.0. The number of benzene rings is 2. The fourth-order valence-electron chi connectivity index (χ4n) is 4.62. The Bertz CT molecular complexity index is 1280. The van der Waals surface area contributed by atoms with Crippen LogP contribution in [-0.2, 0) is 12.7 Å². The van der Waals surface area contributed by atoms with Gasteiger partial charge < -0.3 is 14.1 Å². The Balaban J connectivity index is 1.40. The summed E-state index contributed by atoms with van der Waals surface area (Å²) in [6, 6.07) is 16.8. The Labute approximate surface area is 212 Å². The topological polar surface area (TPSA) is 72.4 Å². The molecule has 0 radical (unpaired) electrons. The Hall–Kier alpha value is -3.86. The summed E-state index contributed by atoms with van der Waals surface area (Å²) >= 11 is 0. The van der Waals surface area contributed by atoms with E-state index in [1.165, 1.54) is 12.1 Å². The fourth-order valence-corrected chi connectivity index (χ4v) is 4.62. The molecule has 0 N–H and O–H groups in total. The van der Waals surface area contributed by atoms with Gasteiger partial charge in [0.1, 0.15) is 18.1 Å². The molecule has 0 bridgehead atoms. The van der Waals surface area contributed by atoms with Gasteiger partial charge in [-0.15, -0.1) is 5.10 Å². The number of nitrogens with zero attached hydrogens (tertiary/aromatic N) is 6. The molecule has 194 valence electrons. The van der Waals surface area contributed by atoms with Crippen molar-refractivity contribution in [1.82, 2.24) is 25.1 Å². The second kappa shape index (κ2) is 10.6. The highest BCUT2D eigenvalue weighted by molar-refractivity contribution is 5.50. The molecule has 3 heterocycles. The van der Waals surface area contributed by atoms with Crippen molar-refractivity contribution in [1.29, 1.82) is 0 Å². The maximum absolute atomic E-state index is 13.2. The zero-order valence-corrected chi connectivity index (χ0v) is 20.3. The van der Waals surface area contributed by atoms with E-state index in [1.807, 2.05) is 48.2 Å². The number of piperazine rings is 1. The molecule has 8 nitrogen and oxygen atoms in total. The molecule has 11 heteroatoms. The molecular formula is C26H27F3N6O2. The van der Waals surface area contributed by atoms with E-state index >= 15 is 0 Å². The molecule has 1 atom stereocenters. The van der Waals surface area contributed by atoms with Gasteiger partial charge in [0.25, 0.3) is 0 Å². The van der Waals surface area contributed by atoms with Crippen molar-refractivity contribution in [2.24, 2.45) is 0 Å². The van der Waals surface area contributed by atoms with Gasteiger partial charge in [-0.1, -0.05) is 18.2 Å². The van der Waals surface area contributed by atoms with Crippen LogP contribution in [0.5, 0.6) is 5.75 Å². The van der Waals surface area contributed by atoms with Crippen LogP contribution >= 0.6 is 0 Å². The van der Waals surface area contributed by atoms with Crippen molar-refractivity contribution in [2.45, 2.75) is 25.7 Å². The van der Waals surface area contributed by atoms with E-state index < -0.39 is 11.7 Å². The van der Waals surface area contributed by atoms with Crippen LogP contribution in [-0.4, -0.2) is 57.9 Å². The molecule has 0 spiro atoms. The summed E-state index contributed by atoms with van der Waals surface area (Å²) in [4.78, 5) is 4.23. The maximum Gasteiger partial charge on any atom is 0.416 e. The molecule has 5 rings (SSSR count). The van der Waals surface area contributed by atoms with Gasteiger partial charge in [0.05, 0.1) is 24.5 Å². The average Bonchev–Trinajstić information content (AvgIpc) is 3.58. The highest BCUT2D eigenvalue weighted by Gasteiger charge is 2.33. The monoisotopic (exact) mass is 512 g/mol. The van der Waals surface area contributed by atoms with Gasteiger partial charge in [0, 0.05) is 31.9 Å². The molecule has 4 aromatic rings. The van der Waals surface area contributed by atoms with Crippen molar-refractivity contribution >= 4 is 5.69 Å². The molecule has 0 saturated carbocycles. The zero-order valence-electron chi connectivity index (χ0n) is 20.3. The van der Waals surface area contributed by atoms with Crippen LogP contribution in [0.4, 0.5) is 18.9 Å². The van der Waals surface area contributed by atoms with Crippen LogP contribution in [0.3, 0.4) is 0 Å². The van der Waals surface area contributed by atoms with E-state index in [1.54, 1.807) is 17.0 Å². The number of hydrogen-bond donors (Lipinski definition) is 0. The van der Waals surface area contributed by atoms with Gasteiger partial charge in [-0.25, -0.2) is 4.68 Å². The molecule has 37 heavy (non-hydrogen) atoms. The quantitative estimate of drug-likeness (QED) is 0.341. The van der Waals surface area contributed by atoms with E-state index in [-0.39, 0.29) is 6.04 Å². The second-order valence-corrected chi connectivity index (χ2v) is 8.75. The van der Waals surface area contributed by atoms with Crippen LogP contribution in [0, 0.1) is 0 Å². The first-order valence-electron chi connectivity index (χ1n) is 12.1. The summed E-state index contributed by atoms with van der Waals surface area (Å²) in [6.45, 7) is 5.24. The lowest BCUT2D eigenvalue weighted by Gasteiger charge is -2.40. The lowest BCUT2D eigenvalue weighted by Crippen LogP contribution is -2.48. The molecule has 1 saturated heterocycles. The zero-order chi connectivity index (χ0) is 25.8. The molecule has 1 aliphatic heterocycles. The van der Waals surface area contributed by atoms with Crippen LogP contribution in [0.15, 0.2) is 71.3 Å². The number of rotatable bonds is 8. The lowest BCUT2D eigenvalue weighted by molar-refractivity contribution is -0.137. The molecule has 0 unspecified atom stereocenters. The number of furan rings is 1. The van der Waals surface area contributed by atoms with Crippen LogP contribution in [0.25, 0.3) is 0 Å². The van der Waals surface area contributed by atoms with Crippen LogP contribution < -0.4 is 9.64 Å². The average molecular weight is 513 g/mol. The van der Waals surface area contributed by atoms with Crippen molar-refractivity contribution in [2.75, 3.05) is 37.7 Å². The van der Waals surface area contributed by atoms with Gasteiger partial charge in [-0.05, 0) is 65.4 Å². The highest BCUT2D eigenvalue weighted by atomic mass is 19.4. The predicted octanol–water partition coefficient (Wildman–Crippen LogP) is 4.64. The third kappa shape index (κ3) is 5.61. The first kappa shape index (κ1) is 24.8. The molecule has 1 aliphatic rings. The standard InChI is InChI=1S/C26H27F3N6O2/c1-2-36-22-10-8-19(9-11-22)24(25-30-31-32-35(25)18-23-7-4-16-37-23)34-14-12-33(13-15-34)21-6-3-5-20(17-21)26(27,28)29/h3-11,16-17,24H,2,12-15,18H2,1H3/t24-/m0/s1. The molecule has 0 aliphatic carbocycles. The van der Waals surface area contributed by atoms with Crippen molar-refractivity contribution in [3.05, 3.63) is 89.6 Å². The Morgan fingerprint density at radius 3 is 2.46 bits per heavy atom. The Morgan fingerprint density at radius 2 is 1.78 bits per heavy atom. The third-order valence-corrected chi connectivity index (χ3v) is 6.41. The Morgan fingerprint density at radius 1 is 1.00 bits per heavy atom. The van der Waals surface area contributed by atoms with E-state index in [0.717, 1.165) is 23.1 Å². The molecule has 1 fully saturated rings. The van der Waals surface area contributed by atoms with Gasteiger partial charge in [-0.3, -0.25) is 4.90 Å². The number of ether oxygens (including phenoxy) is 1. The van der Waals surface area contributed by atoms with E-state index in [9.17, 15) is 13.2 Å². The number of anilines is 1. The molecule has 2 aromatic heterocycles. The van der Waals surface area contributed by atoms with Gasteiger partial charge in [0.2, 0.25) is 0 Å². The van der Waals surface area contributed by atoms with Gasteiger partial charge in [-0.2, -0.15) is 13.2 Å². The van der Waals surface area contributed by atoms with Crippen molar-refractivity contribution < 1.29 is 22.3 Å². The number of tetrazole rings is 1. The van der Waals surface area contributed by atoms with Crippen LogP contribution in [0.1, 0.15) is 35.7 Å².